The molecule has 0 fully saturated rings. The van der Waals surface area contributed by atoms with E-state index in [-0.39, 0.29) is 18.4 Å². The van der Waals surface area contributed by atoms with Crippen LogP contribution in [0, 0.1) is 0 Å². The molecular weight excluding hydrogens is 219 g/mol. The first-order valence-electron chi connectivity index (χ1n) is 4.91. The number of benzene rings is 1. The van der Waals surface area contributed by atoms with E-state index in [0.29, 0.717) is 5.56 Å². The van der Waals surface area contributed by atoms with Crippen LogP contribution in [0.1, 0.15) is 25.0 Å². The third-order valence-electron chi connectivity index (χ3n) is 1.95. The maximum Gasteiger partial charge on any atom is 0.419 e. The van der Waals surface area contributed by atoms with E-state index < -0.39 is 11.7 Å². The Labute approximate surface area is 92.2 Å². The molecule has 5 heteroatoms. The van der Waals surface area contributed by atoms with Gasteiger partial charge < -0.3 is 10.5 Å². The summed E-state index contributed by atoms with van der Waals surface area (Å²) in [6, 6.07) is 3.87. The molecular formula is C11H14F3NO. The van der Waals surface area contributed by atoms with Crippen molar-refractivity contribution >= 4 is 0 Å². The van der Waals surface area contributed by atoms with Crippen LogP contribution in [0.3, 0.4) is 0 Å². The van der Waals surface area contributed by atoms with Gasteiger partial charge in [0, 0.05) is 6.54 Å². The van der Waals surface area contributed by atoms with Crippen LogP contribution in [-0.2, 0) is 12.7 Å². The van der Waals surface area contributed by atoms with Crippen molar-refractivity contribution < 1.29 is 17.9 Å². The summed E-state index contributed by atoms with van der Waals surface area (Å²) in [5, 5.41) is 0. The van der Waals surface area contributed by atoms with Gasteiger partial charge in [0.2, 0.25) is 0 Å². The van der Waals surface area contributed by atoms with Crippen molar-refractivity contribution in [2.45, 2.75) is 32.7 Å². The minimum Gasteiger partial charge on any atom is -0.490 e. The van der Waals surface area contributed by atoms with Gasteiger partial charge in [-0.2, -0.15) is 13.2 Å². The van der Waals surface area contributed by atoms with Crippen molar-refractivity contribution in [1.29, 1.82) is 0 Å². The van der Waals surface area contributed by atoms with E-state index >= 15 is 0 Å². The smallest absolute Gasteiger partial charge is 0.419 e. The highest BCUT2D eigenvalue weighted by molar-refractivity contribution is 5.39. The molecule has 0 amide bonds. The standard InChI is InChI=1S/C11H14F3NO/c1-7(2)16-10-4-3-8(6-15)5-9(10)11(12,13)14/h3-5,7H,6,15H2,1-2H3. The lowest BCUT2D eigenvalue weighted by atomic mass is 10.1. The fraction of sp³-hybridized carbons (Fsp3) is 0.455. The van der Waals surface area contributed by atoms with E-state index in [0.717, 1.165) is 6.07 Å². The number of rotatable bonds is 3. The number of nitrogens with two attached hydrogens (primary N) is 1. The summed E-state index contributed by atoms with van der Waals surface area (Å²) in [7, 11) is 0. The predicted molar refractivity (Wildman–Crippen MR) is 55.1 cm³/mol. The van der Waals surface area contributed by atoms with Gasteiger partial charge in [-0.3, -0.25) is 0 Å². The molecule has 0 spiro atoms. The zero-order chi connectivity index (χ0) is 12.3. The zero-order valence-corrected chi connectivity index (χ0v) is 9.14. The molecule has 90 valence electrons. The molecule has 0 unspecified atom stereocenters. The summed E-state index contributed by atoms with van der Waals surface area (Å²) in [5.41, 5.74) is 4.96. The number of halogens is 3. The van der Waals surface area contributed by atoms with Crippen LogP contribution in [-0.4, -0.2) is 6.10 Å². The quantitative estimate of drug-likeness (QED) is 0.871. The van der Waals surface area contributed by atoms with E-state index in [2.05, 4.69) is 0 Å². The molecule has 1 aromatic rings. The number of hydrogen-bond acceptors (Lipinski definition) is 2. The average Bonchev–Trinajstić information content (AvgIpc) is 2.15. The Balaban J connectivity index is 3.17. The third-order valence-corrected chi connectivity index (χ3v) is 1.95. The number of alkyl halides is 3. The highest BCUT2D eigenvalue weighted by Crippen LogP contribution is 2.37. The Morgan fingerprint density at radius 2 is 1.94 bits per heavy atom. The molecule has 2 N–H and O–H groups in total. The second-order valence-corrected chi connectivity index (χ2v) is 3.70. The van der Waals surface area contributed by atoms with Crippen molar-refractivity contribution in [3.8, 4) is 5.75 Å². The van der Waals surface area contributed by atoms with Gasteiger partial charge in [0.1, 0.15) is 5.75 Å². The Morgan fingerprint density at radius 1 is 1.31 bits per heavy atom. The Morgan fingerprint density at radius 3 is 2.38 bits per heavy atom. The fourth-order valence-electron chi connectivity index (χ4n) is 1.28. The molecule has 1 aromatic carbocycles. The highest BCUT2D eigenvalue weighted by atomic mass is 19.4. The molecule has 0 aliphatic heterocycles. The molecule has 16 heavy (non-hydrogen) atoms. The monoisotopic (exact) mass is 233 g/mol. The molecule has 0 radical (unpaired) electrons. The van der Waals surface area contributed by atoms with Crippen LogP contribution in [0.5, 0.6) is 5.75 Å². The summed E-state index contributed by atoms with van der Waals surface area (Å²) in [4.78, 5) is 0. The van der Waals surface area contributed by atoms with Crippen LogP contribution in [0.4, 0.5) is 13.2 Å². The molecule has 0 aliphatic rings. The minimum atomic E-state index is -4.42. The lowest BCUT2D eigenvalue weighted by Crippen LogP contribution is -2.13. The SMILES string of the molecule is CC(C)Oc1ccc(CN)cc1C(F)(F)F. The van der Waals surface area contributed by atoms with Gasteiger partial charge in [-0.05, 0) is 31.5 Å². The van der Waals surface area contributed by atoms with Crippen LogP contribution in [0.2, 0.25) is 0 Å². The average molecular weight is 233 g/mol. The first-order valence-corrected chi connectivity index (χ1v) is 4.91. The second-order valence-electron chi connectivity index (χ2n) is 3.70. The maximum atomic E-state index is 12.7. The summed E-state index contributed by atoms with van der Waals surface area (Å²) in [6.45, 7) is 3.43. The van der Waals surface area contributed by atoms with Crippen molar-refractivity contribution in [3.05, 3.63) is 29.3 Å². The van der Waals surface area contributed by atoms with Crippen molar-refractivity contribution in [1.82, 2.24) is 0 Å². The van der Waals surface area contributed by atoms with Gasteiger partial charge in [-0.25, -0.2) is 0 Å². The number of hydrogen-bond donors (Lipinski definition) is 1. The van der Waals surface area contributed by atoms with E-state index in [1.807, 2.05) is 0 Å². The lowest BCUT2D eigenvalue weighted by Gasteiger charge is -2.17. The topological polar surface area (TPSA) is 35.2 Å². The fourth-order valence-corrected chi connectivity index (χ4v) is 1.28. The first kappa shape index (κ1) is 12.8. The van der Waals surface area contributed by atoms with Crippen LogP contribution < -0.4 is 10.5 Å². The van der Waals surface area contributed by atoms with Crippen molar-refractivity contribution in [2.24, 2.45) is 5.73 Å². The lowest BCUT2D eigenvalue weighted by molar-refractivity contribution is -0.139. The molecule has 0 bridgehead atoms. The van der Waals surface area contributed by atoms with Gasteiger partial charge in [0.25, 0.3) is 0 Å². The van der Waals surface area contributed by atoms with E-state index in [1.54, 1.807) is 13.8 Å². The highest BCUT2D eigenvalue weighted by Gasteiger charge is 2.34. The molecule has 0 heterocycles. The zero-order valence-electron chi connectivity index (χ0n) is 9.14. The molecule has 0 saturated heterocycles. The second kappa shape index (κ2) is 4.74. The first-order chi connectivity index (χ1) is 7.34. The Bertz CT molecular complexity index is 361. The minimum absolute atomic E-state index is 0.0744. The summed E-state index contributed by atoms with van der Waals surface area (Å²) in [6.07, 6.45) is -4.72. The number of ether oxygens (including phenoxy) is 1. The molecule has 1 rings (SSSR count). The largest absolute Gasteiger partial charge is 0.490 e. The van der Waals surface area contributed by atoms with Crippen LogP contribution in [0.15, 0.2) is 18.2 Å². The van der Waals surface area contributed by atoms with E-state index in [9.17, 15) is 13.2 Å². The van der Waals surface area contributed by atoms with Gasteiger partial charge in [0.05, 0.1) is 11.7 Å². The van der Waals surface area contributed by atoms with Crippen LogP contribution >= 0.6 is 0 Å². The molecule has 2 nitrogen and oxygen atoms in total. The summed E-state index contributed by atoms with van der Waals surface area (Å²) >= 11 is 0. The van der Waals surface area contributed by atoms with Gasteiger partial charge >= 0.3 is 6.18 Å². The normalized spacial score (nSPS) is 11.9. The maximum absolute atomic E-state index is 12.7. The Hall–Kier alpha value is -1.23. The van der Waals surface area contributed by atoms with Gasteiger partial charge in [0.15, 0.2) is 0 Å². The van der Waals surface area contributed by atoms with Crippen molar-refractivity contribution in [2.75, 3.05) is 0 Å². The summed E-state index contributed by atoms with van der Waals surface area (Å²) < 4.78 is 43.2. The molecule has 0 aromatic heterocycles. The molecule has 0 aliphatic carbocycles. The summed E-state index contributed by atoms with van der Waals surface area (Å²) in [5.74, 6) is -0.153. The van der Waals surface area contributed by atoms with E-state index in [1.165, 1.54) is 12.1 Å². The van der Waals surface area contributed by atoms with Crippen molar-refractivity contribution in [3.63, 3.8) is 0 Å². The third kappa shape index (κ3) is 3.13. The predicted octanol–water partition coefficient (Wildman–Crippen LogP) is 2.95. The van der Waals surface area contributed by atoms with Gasteiger partial charge in [-0.1, -0.05) is 6.07 Å². The van der Waals surface area contributed by atoms with Gasteiger partial charge in [-0.15, -0.1) is 0 Å². The molecule has 0 saturated carbocycles. The van der Waals surface area contributed by atoms with Crippen LogP contribution in [0.25, 0.3) is 0 Å². The Kier molecular flexibility index (Phi) is 3.80. The van der Waals surface area contributed by atoms with E-state index in [4.69, 9.17) is 10.5 Å². The molecule has 0 atom stereocenters.